The van der Waals surface area contributed by atoms with Crippen LogP contribution >= 0.6 is 22.9 Å². The molecule has 0 aliphatic carbocycles. The van der Waals surface area contributed by atoms with Crippen LogP contribution in [0.4, 0.5) is 5.69 Å². The van der Waals surface area contributed by atoms with E-state index in [9.17, 15) is 9.59 Å². The van der Waals surface area contributed by atoms with Crippen LogP contribution in [0, 0.1) is 0 Å². The molecule has 0 bridgehead atoms. The molecule has 2 heterocycles. The summed E-state index contributed by atoms with van der Waals surface area (Å²) in [4.78, 5) is 31.4. The van der Waals surface area contributed by atoms with Crippen LogP contribution in [0.15, 0.2) is 69.6 Å². The van der Waals surface area contributed by atoms with Crippen LogP contribution in [0.1, 0.15) is 25.5 Å². The van der Waals surface area contributed by atoms with E-state index in [1.807, 2.05) is 24.3 Å². The Labute approximate surface area is 199 Å². The Balaban J connectivity index is 1.84. The summed E-state index contributed by atoms with van der Waals surface area (Å²) in [5.41, 5.74) is 2.15. The molecule has 0 unspecified atom stereocenters. The topological polar surface area (TPSA) is 81.9 Å². The van der Waals surface area contributed by atoms with Gasteiger partial charge in [0, 0.05) is 16.9 Å². The van der Waals surface area contributed by atoms with E-state index in [1.165, 1.54) is 11.3 Å². The van der Waals surface area contributed by atoms with Crippen molar-refractivity contribution in [1.29, 1.82) is 0 Å². The molecule has 1 aliphatic heterocycles. The molecule has 1 aliphatic rings. The average Bonchev–Trinajstić information content (AvgIpc) is 3.12. The van der Waals surface area contributed by atoms with Crippen molar-refractivity contribution >= 4 is 40.8 Å². The fraction of sp³-hybridized carbons (Fsp3) is 0.208. The molecule has 0 saturated carbocycles. The summed E-state index contributed by atoms with van der Waals surface area (Å²) in [6, 6.07) is 13.8. The van der Waals surface area contributed by atoms with Crippen molar-refractivity contribution in [2.75, 3.05) is 19.0 Å². The Morgan fingerprint density at radius 2 is 1.91 bits per heavy atom. The van der Waals surface area contributed by atoms with Gasteiger partial charge in [-0.1, -0.05) is 35.1 Å². The molecule has 0 spiro atoms. The number of hydrogen-bond donors (Lipinski definition) is 1. The molecule has 0 radical (unpaired) electrons. The molecule has 0 fully saturated rings. The second-order valence-corrected chi connectivity index (χ2v) is 8.67. The number of nitrogens with zero attached hydrogens (tertiary/aromatic N) is 2. The van der Waals surface area contributed by atoms with Gasteiger partial charge in [0.25, 0.3) is 5.56 Å². The molecule has 1 atom stereocenters. The van der Waals surface area contributed by atoms with Gasteiger partial charge in [-0.2, -0.15) is 0 Å². The second-order valence-electron chi connectivity index (χ2n) is 7.23. The number of carbonyl (C=O) groups is 1. The number of methoxy groups -OCH3 is 1. The zero-order valence-corrected chi connectivity index (χ0v) is 19.9. The molecule has 1 aromatic heterocycles. The minimum absolute atomic E-state index is 0.223. The number of halogens is 1. The first-order valence-electron chi connectivity index (χ1n) is 10.3. The van der Waals surface area contributed by atoms with E-state index in [0.29, 0.717) is 31.4 Å². The summed E-state index contributed by atoms with van der Waals surface area (Å²) in [6.45, 7) is 3.72. The molecule has 170 valence electrons. The zero-order chi connectivity index (χ0) is 23.5. The molecule has 33 heavy (non-hydrogen) atoms. The van der Waals surface area contributed by atoms with Gasteiger partial charge in [-0.25, -0.2) is 9.79 Å². The van der Waals surface area contributed by atoms with E-state index in [0.717, 1.165) is 11.3 Å². The van der Waals surface area contributed by atoms with Crippen LogP contribution in [-0.2, 0) is 9.53 Å². The van der Waals surface area contributed by atoms with Crippen molar-refractivity contribution in [3.05, 3.63) is 90.1 Å². The summed E-state index contributed by atoms with van der Waals surface area (Å²) < 4.78 is 12.6. The lowest BCUT2D eigenvalue weighted by Gasteiger charge is -2.24. The number of thiazole rings is 1. The first-order valence-corrected chi connectivity index (χ1v) is 11.5. The highest BCUT2D eigenvalue weighted by molar-refractivity contribution is 7.07. The Bertz CT molecular complexity index is 1390. The highest BCUT2D eigenvalue weighted by atomic mass is 35.5. The fourth-order valence-electron chi connectivity index (χ4n) is 3.59. The van der Waals surface area contributed by atoms with Gasteiger partial charge in [-0.3, -0.25) is 9.36 Å². The second kappa shape index (κ2) is 9.64. The standard InChI is InChI=1S/C24H22ClN3O4S/c1-4-32-23(30)20-14(2)27-24-28(21(20)15-5-11-18(31-3)12-6-15)22(29)19(33-24)13-26-17-9-7-16(25)8-10-17/h5-13,21,26H,4H2,1-3H3/b19-13-/t21-/m0/s1. The number of aromatic nitrogens is 1. The number of esters is 1. The minimum atomic E-state index is -0.663. The smallest absolute Gasteiger partial charge is 0.338 e. The van der Waals surface area contributed by atoms with Crippen LogP contribution < -0.4 is 24.9 Å². The third-order valence-electron chi connectivity index (χ3n) is 5.16. The summed E-state index contributed by atoms with van der Waals surface area (Å²) >= 11 is 7.19. The highest BCUT2D eigenvalue weighted by Gasteiger charge is 2.33. The predicted octanol–water partition coefficient (Wildman–Crippen LogP) is 3.48. The van der Waals surface area contributed by atoms with Crippen molar-refractivity contribution < 1.29 is 14.3 Å². The Morgan fingerprint density at radius 3 is 2.55 bits per heavy atom. The molecule has 7 nitrogen and oxygen atoms in total. The molecule has 9 heteroatoms. The molecule has 0 amide bonds. The van der Waals surface area contributed by atoms with Gasteiger partial charge < -0.3 is 14.8 Å². The summed E-state index contributed by atoms with van der Waals surface area (Å²) in [5, 5.41) is 3.75. The summed E-state index contributed by atoms with van der Waals surface area (Å²) in [6.07, 6.45) is 1.64. The van der Waals surface area contributed by atoms with Crippen LogP contribution in [-0.4, -0.2) is 24.3 Å². The molecular weight excluding hydrogens is 462 g/mol. The van der Waals surface area contributed by atoms with Crippen LogP contribution in [0.25, 0.3) is 6.20 Å². The SMILES string of the molecule is CCOC(=O)C1=C(C)N=c2s/c(=C\Nc3ccc(Cl)cc3)c(=O)n2[C@H]1c1ccc(OC)cc1. The van der Waals surface area contributed by atoms with Gasteiger partial charge in [0.05, 0.1) is 31.0 Å². The van der Waals surface area contributed by atoms with Crippen LogP contribution in [0.5, 0.6) is 5.75 Å². The van der Waals surface area contributed by atoms with Gasteiger partial charge >= 0.3 is 5.97 Å². The lowest BCUT2D eigenvalue weighted by atomic mass is 9.96. The van der Waals surface area contributed by atoms with E-state index in [-0.39, 0.29) is 12.2 Å². The number of nitrogens with one attached hydrogen (secondary N) is 1. The number of benzene rings is 2. The zero-order valence-electron chi connectivity index (χ0n) is 18.3. The number of ether oxygens (including phenoxy) is 2. The molecular formula is C24H22ClN3O4S. The van der Waals surface area contributed by atoms with Gasteiger partial charge in [0.15, 0.2) is 4.80 Å². The third-order valence-corrected chi connectivity index (χ3v) is 6.40. The van der Waals surface area contributed by atoms with Crippen molar-refractivity contribution in [1.82, 2.24) is 4.57 Å². The van der Waals surface area contributed by atoms with E-state index in [1.54, 1.807) is 56.0 Å². The maximum Gasteiger partial charge on any atom is 0.338 e. The molecule has 4 rings (SSSR count). The average molecular weight is 484 g/mol. The number of carbonyl (C=O) groups excluding carboxylic acids is 1. The molecule has 2 aromatic carbocycles. The lowest BCUT2D eigenvalue weighted by molar-refractivity contribution is -0.139. The van der Waals surface area contributed by atoms with Crippen LogP contribution in [0.3, 0.4) is 0 Å². The summed E-state index contributed by atoms with van der Waals surface area (Å²) in [5.74, 6) is 0.185. The Hall–Kier alpha value is -3.36. The predicted molar refractivity (Wildman–Crippen MR) is 129 cm³/mol. The van der Waals surface area contributed by atoms with E-state index in [2.05, 4.69) is 10.3 Å². The van der Waals surface area contributed by atoms with Crippen molar-refractivity contribution in [2.24, 2.45) is 4.99 Å². The summed E-state index contributed by atoms with van der Waals surface area (Å²) in [7, 11) is 1.58. The van der Waals surface area contributed by atoms with Crippen molar-refractivity contribution in [3.63, 3.8) is 0 Å². The number of fused-ring (bicyclic) bond motifs is 1. The first-order chi connectivity index (χ1) is 15.9. The van der Waals surface area contributed by atoms with Gasteiger partial charge in [-0.05, 0) is 55.8 Å². The molecule has 1 N–H and O–H groups in total. The third kappa shape index (κ3) is 4.58. The number of rotatable bonds is 6. The minimum Gasteiger partial charge on any atom is -0.497 e. The monoisotopic (exact) mass is 483 g/mol. The van der Waals surface area contributed by atoms with Crippen molar-refractivity contribution in [3.8, 4) is 5.75 Å². The quantitative estimate of drug-likeness (QED) is 0.543. The normalized spacial score (nSPS) is 15.6. The first kappa shape index (κ1) is 22.8. The van der Waals surface area contributed by atoms with Crippen molar-refractivity contribution in [2.45, 2.75) is 19.9 Å². The molecule has 3 aromatic rings. The van der Waals surface area contributed by atoms with Gasteiger partial charge in [0.1, 0.15) is 10.3 Å². The number of hydrogen-bond acceptors (Lipinski definition) is 7. The Morgan fingerprint density at radius 1 is 1.21 bits per heavy atom. The number of anilines is 1. The van der Waals surface area contributed by atoms with E-state index in [4.69, 9.17) is 21.1 Å². The maximum atomic E-state index is 13.5. The largest absolute Gasteiger partial charge is 0.497 e. The van der Waals surface area contributed by atoms with E-state index < -0.39 is 12.0 Å². The Kier molecular flexibility index (Phi) is 6.67. The van der Waals surface area contributed by atoms with Crippen LogP contribution in [0.2, 0.25) is 5.02 Å². The van der Waals surface area contributed by atoms with Gasteiger partial charge in [0.2, 0.25) is 0 Å². The van der Waals surface area contributed by atoms with E-state index >= 15 is 0 Å². The lowest BCUT2D eigenvalue weighted by Crippen LogP contribution is -2.40. The highest BCUT2D eigenvalue weighted by Crippen LogP contribution is 2.31. The molecule has 0 saturated heterocycles. The maximum absolute atomic E-state index is 13.5. The number of allylic oxidation sites excluding steroid dienone is 1. The van der Waals surface area contributed by atoms with Gasteiger partial charge in [-0.15, -0.1) is 0 Å². The fourth-order valence-corrected chi connectivity index (χ4v) is 4.68.